The topological polar surface area (TPSA) is 45.2 Å². The van der Waals surface area contributed by atoms with E-state index in [-0.39, 0.29) is 33.1 Å². The summed E-state index contributed by atoms with van der Waals surface area (Å²) in [5.41, 5.74) is -0.724. The zero-order valence-corrected chi connectivity index (χ0v) is 14.9. The SMILES string of the molecule is CN(CC(=O)Nc1c(Cl)cccc1Cl)c1ncc(C(F)(F)F)cc1Cl. The fourth-order valence-electron chi connectivity index (χ4n) is 1.95. The number of halogens is 6. The molecule has 0 spiro atoms. The molecule has 0 aliphatic carbocycles. The molecule has 10 heteroatoms. The third-order valence-corrected chi connectivity index (χ3v) is 4.03. The highest BCUT2D eigenvalue weighted by atomic mass is 35.5. The van der Waals surface area contributed by atoms with Gasteiger partial charge in [-0.2, -0.15) is 13.2 Å². The Hall–Kier alpha value is -1.70. The molecule has 0 saturated carbocycles. The van der Waals surface area contributed by atoms with E-state index in [9.17, 15) is 18.0 Å². The summed E-state index contributed by atoms with van der Waals surface area (Å²) in [5, 5.41) is 2.83. The van der Waals surface area contributed by atoms with Crippen LogP contribution in [0.5, 0.6) is 0 Å². The van der Waals surface area contributed by atoms with Crippen LogP contribution in [-0.4, -0.2) is 24.5 Å². The Bertz CT molecular complexity index is 779. The van der Waals surface area contributed by atoms with E-state index < -0.39 is 17.6 Å². The molecule has 0 aliphatic heterocycles. The van der Waals surface area contributed by atoms with E-state index in [4.69, 9.17) is 34.8 Å². The van der Waals surface area contributed by atoms with Gasteiger partial charge in [0, 0.05) is 13.2 Å². The lowest BCUT2D eigenvalue weighted by Gasteiger charge is -2.20. The fraction of sp³-hybridized carbons (Fsp3) is 0.200. The predicted octanol–water partition coefficient (Wildman–Crippen LogP) is 5.14. The molecule has 134 valence electrons. The van der Waals surface area contributed by atoms with Crippen LogP contribution in [0.2, 0.25) is 15.1 Å². The number of benzene rings is 1. The van der Waals surface area contributed by atoms with Crippen molar-refractivity contribution in [3.8, 4) is 0 Å². The molecule has 0 aliphatic rings. The number of carbonyl (C=O) groups excluding carboxylic acids is 1. The number of likely N-dealkylation sites (N-methyl/N-ethyl adjacent to an activating group) is 1. The molecular weight excluding hydrogens is 402 g/mol. The Morgan fingerprint density at radius 2 is 1.80 bits per heavy atom. The van der Waals surface area contributed by atoms with E-state index in [1.807, 2.05) is 0 Å². The molecule has 1 aromatic carbocycles. The number of hydrogen-bond acceptors (Lipinski definition) is 3. The highest BCUT2D eigenvalue weighted by molar-refractivity contribution is 6.39. The molecule has 4 nitrogen and oxygen atoms in total. The average molecular weight is 413 g/mol. The van der Waals surface area contributed by atoms with Gasteiger partial charge in [0.25, 0.3) is 0 Å². The van der Waals surface area contributed by atoms with Gasteiger partial charge in [-0.15, -0.1) is 0 Å². The number of anilines is 2. The molecule has 2 aromatic rings. The van der Waals surface area contributed by atoms with E-state index in [0.29, 0.717) is 6.20 Å². The molecule has 0 radical (unpaired) electrons. The highest BCUT2D eigenvalue weighted by Gasteiger charge is 2.32. The minimum atomic E-state index is -4.55. The van der Waals surface area contributed by atoms with Crippen LogP contribution in [0.15, 0.2) is 30.5 Å². The van der Waals surface area contributed by atoms with Crippen LogP contribution in [-0.2, 0) is 11.0 Å². The molecule has 0 saturated heterocycles. The number of pyridine rings is 1. The molecule has 2 rings (SSSR count). The molecule has 1 amide bonds. The second-order valence-electron chi connectivity index (χ2n) is 5.03. The van der Waals surface area contributed by atoms with Gasteiger partial charge in [-0.1, -0.05) is 40.9 Å². The minimum absolute atomic E-state index is 0.0371. The number of amides is 1. The summed E-state index contributed by atoms with van der Waals surface area (Å²) < 4.78 is 37.9. The number of hydrogen-bond donors (Lipinski definition) is 1. The second-order valence-corrected chi connectivity index (χ2v) is 6.25. The standard InChI is InChI=1S/C15H11Cl3F3N3O/c1-24(14-11(18)5-8(6-22-14)15(19,20)21)7-12(25)23-13-9(16)3-2-4-10(13)17/h2-6H,7H2,1H3,(H,23,25). The fourth-order valence-corrected chi connectivity index (χ4v) is 2.76. The normalized spacial score (nSPS) is 11.3. The van der Waals surface area contributed by atoms with Crippen molar-refractivity contribution in [2.75, 3.05) is 23.8 Å². The number of aromatic nitrogens is 1. The van der Waals surface area contributed by atoms with Gasteiger partial charge >= 0.3 is 6.18 Å². The van der Waals surface area contributed by atoms with E-state index in [2.05, 4.69) is 10.3 Å². The zero-order chi connectivity index (χ0) is 18.8. The minimum Gasteiger partial charge on any atom is -0.349 e. The third kappa shape index (κ3) is 4.90. The second kappa shape index (κ2) is 7.68. The summed E-state index contributed by atoms with van der Waals surface area (Å²) >= 11 is 17.8. The maximum atomic E-state index is 12.6. The van der Waals surface area contributed by atoms with Gasteiger partial charge in [0.05, 0.1) is 32.9 Å². The first-order chi connectivity index (χ1) is 11.6. The van der Waals surface area contributed by atoms with Crippen molar-refractivity contribution in [3.05, 3.63) is 51.1 Å². The summed E-state index contributed by atoms with van der Waals surface area (Å²) in [5.74, 6) is -0.453. The van der Waals surface area contributed by atoms with Crippen LogP contribution in [0.25, 0.3) is 0 Å². The Balaban J connectivity index is 2.11. The maximum Gasteiger partial charge on any atom is 0.417 e. The Labute approximate surface area is 156 Å². The van der Waals surface area contributed by atoms with Gasteiger partial charge in [0.2, 0.25) is 5.91 Å². The smallest absolute Gasteiger partial charge is 0.349 e. The van der Waals surface area contributed by atoms with Crippen molar-refractivity contribution in [3.63, 3.8) is 0 Å². The van der Waals surface area contributed by atoms with Gasteiger partial charge in [-0.25, -0.2) is 4.98 Å². The van der Waals surface area contributed by atoms with Gasteiger partial charge in [-0.3, -0.25) is 4.79 Å². The van der Waals surface area contributed by atoms with Gasteiger partial charge in [0.15, 0.2) is 0 Å². The quantitative estimate of drug-likeness (QED) is 0.757. The molecule has 1 N–H and O–H groups in total. The lowest BCUT2D eigenvalue weighted by molar-refractivity contribution is -0.137. The van der Waals surface area contributed by atoms with Crippen LogP contribution < -0.4 is 10.2 Å². The first-order valence-electron chi connectivity index (χ1n) is 6.77. The van der Waals surface area contributed by atoms with Crippen LogP contribution in [0, 0.1) is 0 Å². The van der Waals surface area contributed by atoms with Gasteiger partial charge in [0.1, 0.15) is 5.82 Å². The van der Waals surface area contributed by atoms with Crippen molar-refractivity contribution in [2.24, 2.45) is 0 Å². The molecule has 1 heterocycles. The third-order valence-electron chi connectivity index (χ3n) is 3.12. The van der Waals surface area contributed by atoms with E-state index in [0.717, 1.165) is 6.07 Å². The Kier molecular flexibility index (Phi) is 6.03. The van der Waals surface area contributed by atoms with Gasteiger partial charge in [-0.05, 0) is 18.2 Å². The lowest BCUT2D eigenvalue weighted by Crippen LogP contribution is -2.31. The molecule has 1 aromatic heterocycles. The summed E-state index contributed by atoms with van der Waals surface area (Å²) in [6.45, 7) is -0.223. The largest absolute Gasteiger partial charge is 0.417 e. The van der Waals surface area contributed by atoms with Crippen molar-refractivity contribution < 1.29 is 18.0 Å². The first kappa shape index (κ1) is 19.6. The maximum absolute atomic E-state index is 12.6. The molecule has 0 atom stereocenters. The van der Waals surface area contributed by atoms with Crippen LogP contribution in [0.1, 0.15) is 5.56 Å². The van der Waals surface area contributed by atoms with E-state index in [1.54, 1.807) is 18.2 Å². The summed E-state index contributed by atoms with van der Waals surface area (Å²) in [6.07, 6.45) is -3.90. The molecule has 25 heavy (non-hydrogen) atoms. The van der Waals surface area contributed by atoms with Crippen molar-refractivity contribution in [2.45, 2.75) is 6.18 Å². The zero-order valence-electron chi connectivity index (χ0n) is 12.7. The van der Waals surface area contributed by atoms with Crippen LogP contribution >= 0.6 is 34.8 Å². The highest BCUT2D eigenvalue weighted by Crippen LogP contribution is 2.33. The van der Waals surface area contributed by atoms with Crippen LogP contribution in [0.3, 0.4) is 0 Å². The monoisotopic (exact) mass is 411 g/mol. The van der Waals surface area contributed by atoms with Crippen LogP contribution in [0.4, 0.5) is 24.7 Å². The molecule has 0 unspecified atom stereocenters. The van der Waals surface area contributed by atoms with Crippen molar-refractivity contribution in [1.29, 1.82) is 0 Å². The van der Waals surface area contributed by atoms with Crippen molar-refractivity contribution >= 4 is 52.2 Å². The Morgan fingerprint density at radius 3 is 2.32 bits per heavy atom. The summed E-state index contributed by atoms with van der Waals surface area (Å²) in [7, 11) is 1.47. The summed E-state index contributed by atoms with van der Waals surface area (Å²) in [4.78, 5) is 17.1. The predicted molar refractivity (Wildman–Crippen MR) is 92.6 cm³/mol. The number of carbonyl (C=O) groups is 1. The lowest BCUT2D eigenvalue weighted by atomic mass is 10.2. The van der Waals surface area contributed by atoms with E-state index in [1.165, 1.54) is 11.9 Å². The Morgan fingerprint density at radius 1 is 1.20 bits per heavy atom. The molecule has 0 bridgehead atoms. The molecule has 0 fully saturated rings. The number of rotatable bonds is 4. The van der Waals surface area contributed by atoms with Gasteiger partial charge < -0.3 is 10.2 Å². The molecular formula is C15H11Cl3F3N3O. The first-order valence-corrected chi connectivity index (χ1v) is 7.90. The number of para-hydroxylation sites is 1. The summed E-state index contributed by atoms with van der Waals surface area (Å²) in [6, 6.07) is 5.49. The average Bonchev–Trinajstić information content (AvgIpc) is 2.50. The number of nitrogens with one attached hydrogen (secondary N) is 1. The number of nitrogens with zero attached hydrogens (tertiary/aromatic N) is 2. The number of alkyl halides is 3. The van der Waals surface area contributed by atoms with Crippen molar-refractivity contribution in [1.82, 2.24) is 4.98 Å². The van der Waals surface area contributed by atoms with E-state index >= 15 is 0 Å².